The molecule has 29 heavy (non-hydrogen) atoms. The number of nitrogens with one attached hydrogen (secondary N) is 1. The van der Waals surface area contributed by atoms with Crippen molar-refractivity contribution >= 4 is 28.9 Å². The van der Waals surface area contributed by atoms with E-state index < -0.39 is 0 Å². The number of benzene rings is 2. The van der Waals surface area contributed by atoms with Crippen molar-refractivity contribution in [2.45, 2.75) is 47.0 Å². The Balaban J connectivity index is 1.98. The van der Waals surface area contributed by atoms with Gasteiger partial charge in [0, 0.05) is 50.0 Å². The second-order valence-electron chi connectivity index (χ2n) is 7.43. The van der Waals surface area contributed by atoms with Crippen LogP contribution in [0.4, 0.5) is 17.1 Å². The van der Waals surface area contributed by atoms with Gasteiger partial charge in [-0.2, -0.15) is 0 Å². The summed E-state index contributed by atoms with van der Waals surface area (Å²) in [5.41, 5.74) is 3.95. The average molecular weight is 396 g/mol. The van der Waals surface area contributed by atoms with E-state index in [9.17, 15) is 9.59 Å². The molecule has 2 rings (SSSR count). The van der Waals surface area contributed by atoms with E-state index in [2.05, 4.69) is 37.9 Å². The van der Waals surface area contributed by atoms with E-state index in [1.165, 1.54) is 12.5 Å². The Morgan fingerprint density at radius 3 is 1.93 bits per heavy atom. The van der Waals surface area contributed by atoms with Crippen LogP contribution in [0.15, 0.2) is 48.5 Å². The number of carbonyl (C=O) groups excluding carboxylic acids is 2. The molecule has 0 spiro atoms. The summed E-state index contributed by atoms with van der Waals surface area (Å²) in [4.78, 5) is 28.4. The first-order valence-electron chi connectivity index (χ1n) is 10.4. The Morgan fingerprint density at radius 2 is 1.45 bits per heavy atom. The third-order valence-electron chi connectivity index (χ3n) is 5.09. The Labute approximate surface area is 174 Å². The molecule has 0 heterocycles. The smallest absolute Gasteiger partial charge is 0.226 e. The van der Waals surface area contributed by atoms with Crippen LogP contribution in [0.1, 0.15) is 52.5 Å². The summed E-state index contributed by atoms with van der Waals surface area (Å²) in [6.45, 7) is 12.3. The molecule has 0 aromatic heterocycles. The summed E-state index contributed by atoms with van der Waals surface area (Å²) in [6, 6.07) is 15.8. The lowest BCUT2D eigenvalue weighted by Gasteiger charge is -2.24. The maximum absolute atomic E-state index is 12.4. The van der Waals surface area contributed by atoms with Crippen molar-refractivity contribution in [3.8, 4) is 0 Å². The highest BCUT2D eigenvalue weighted by Crippen LogP contribution is 2.22. The molecule has 0 radical (unpaired) electrons. The fraction of sp³-hybridized carbons (Fsp3) is 0.417. The van der Waals surface area contributed by atoms with Gasteiger partial charge in [0.15, 0.2) is 0 Å². The molecule has 5 nitrogen and oxygen atoms in total. The van der Waals surface area contributed by atoms with Crippen molar-refractivity contribution in [1.29, 1.82) is 0 Å². The summed E-state index contributed by atoms with van der Waals surface area (Å²) in [7, 11) is 0. The standard InChI is InChI=1S/C24H33N3O2/c1-6-26(7-2)22-12-14-23(15-13-22)27(19(5)28)17-16-24(29)25-21-10-8-20(9-11-21)18(3)4/h8-15,18H,6-7,16-17H2,1-5H3,(H,25,29). The lowest BCUT2D eigenvalue weighted by Crippen LogP contribution is -2.32. The molecule has 0 fully saturated rings. The van der Waals surface area contributed by atoms with Gasteiger partial charge >= 0.3 is 0 Å². The topological polar surface area (TPSA) is 52.6 Å². The minimum absolute atomic E-state index is 0.0744. The minimum Gasteiger partial charge on any atom is -0.372 e. The highest BCUT2D eigenvalue weighted by Gasteiger charge is 2.14. The zero-order chi connectivity index (χ0) is 21.4. The van der Waals surface area contributed by atoms with Crippen molar-refractivity contribution in [2.75, 3.05) is 34.8 Å². The molecule has 1 N–H and O–H groups in total. The van der Waals surface area contributed by atoms with Gasteiger partial charge in [0.2, 0.25) is 11.8 Å². The van der Waals surface area contributed by atoms with Gasteiger partial charge in [0.05, 0.1) is 0 Å². The second-order valence-corrected chi connectivity index (χ2v) is 7.43. The van der Waals surface area contributed by atoms with E-state index in [-0.39, 0.29) is 18.2 Å². The molecule has 0 bridgehead atoms. The van der Waals surface area contributed by atoms with Crippen molar-refractivity contribution < 1.29 is 9.59 Å². The van der Waals surface area contributed by atoms with Crippen LogP contribution in [0.3, 0.4) is 0 Å². The quantitative estimate of drug-likeness (QED) is 0.647. The molecule has 2 aromatic carbocycles. The highest BCUT2D eigenvalue weighted by atomic mass is 16.2. The monoisotopic (exact) mass is 395 g/mol. The highest BCUT2D eigenvalue weighted by molar-refractivity contribution is 5.94. The van der Waals surface area contributed by atoms with Gasteiger partial charge in [-0.15, -0.1) is 0 Å². The van der Waals surface area contributed by atoms with Crippen molar-refractivity contribution in [3.05, 3.63) is 54.1 Å². The van der Waals surface area contributed by atoms with Crippen molar-refractivity contribution in [3.63, 3.8) is 0 Å². The summed E-state index contributed by atoms with van der Waals surface area (Å²) < 4.78 is 0. The fourth-order valence-electron chi connectivity index (χ4n) is 3.29. The van der Waals surface area contributed by atoms with Crippen LogP contribution in [0, 0.1) is 0 Å². The zero-order valence-corrected chi connectivity index (χ0v) is 18.2. The van der Waals surface area contributed by atoms with Gasteiger partial charge in [-0.05, 0) is 61.7 Å². The number of anilines is 3. The Bertz CT molecular complexity index is 794. The predicted molar refractivity (Wildman–Crippen MR) is 122 cm³/mol. The van der Waals surface area contributed by atoms with Gasteiger partial charge in [-0.25, -0.2) is 0 Å². The lowest BCUT2D eigenvalue weighted by molar-refractivity contribution is -0.117. The first-order valence-corrected chi connectivity index (χ1v) is 10.4. The summed E-state index contributed by atoms with van der Waals surface area (Å²) in [6.07, 6.45) is 0.239. The SMILES string of the molecule is CCN(CC)c1ccc(N(CCC(=O)Nc2ccc(C(C)C)cc2)C(C)=O)cc1. The number of hydrogen-bond donors (Lipinski definition) is 1. The molecular weight excluding hydrogens is 362 g/mol. The van der Waals surface area contributed by atoms with Crippen LogP contribution in [0.2, 0.25) is 0 Å². The Kier molecular flexibility index (Phi) is 8.25. The van der Waals surface area contributed by atoms with Crippen LogP contribution < -0.4 is 15.1 Å². The summed E-state index contributed by atoms with van der Waals surface area (Å²) >= 11 is 0. The second kappa shape index (κ2) is 10.6. The van der Waals surface area contributed by atoms with Crippen LogP contribution in [0.5, 0.6) is 0 Å². The Morgan fingerprint density at radius 1 is 0.897 bits per heavy atom. The first kappa shape index (κ1) is 22.5. The van der Waals surface area contributed by atoms with Crippen molar-refractivity contribution in [2.24, 2.45) is 0 Å². The molecule has 2 aromatic rings. The molecule has 5 heteroatoms. The molecule has 2 amide bonds. The summed E-state index contributed by atoms with van der Waals surface area (Å²) in [5.74, 6) is 0.278. The van der Waals surface area contributed by atoms with Gasteiger partial charge in [-0.3, -0.25) is 9.59 Å². The first-order chi connectivity index (χ1) is 13.8. The summed E-state index contributed by atoms with van der Waals surface area (Å²) in [5, 5.41) is 2.91. The van der Waals surface area contributed by atoms with E-state index in [0.717, 1.165) is 30.2 Å². The average Bonchev–Trinajstić information content (AvgIpc) is 2.70. The number of rotatable bonds is 9. The molecule has 156 valence electrons. The molecule has 0 aliphatic rings. The molecule has 0 saturated heterocycles. The molecule has 0 unspecified atom stereocenters. The minimum atomic E-state index is -0.103. The largest absolute Gasteiger partial charge is 0.372 e. The zero-order valence-electron chi connectivity index (χ0n) is 18.2. The van der Waals surface area contributed by atoms with E-state index in [1.807, 2.05) is 48.5 Å². The van der Waals surface area contributed by atoms with Crippen LogP contribution in [-0.4, -0.2) is 31.4 Å². The molecule has 0 atom stereocenters. The molecule has 0 aliphatic heterocycles. The number of nitrogens with zero attached hydrogens (tertiary/aromatic N) is 2. The van der Waals surface area contributed by atoms with Crippen LogP contribution in [0.25, 0.3) is 0 Å². The number of carbonyl (C=O) groups is 2. The van der Waals surface area contributed by atoms with Gasteiger partial charge < -0.3 is 15.1 Å². The van der Waals surface area contributed by atoms with E-state index >= 15 is 0 Å². The normalized spacial score (nSPS) is 10.7. The van der Waals surface area contributed by atoms with Crippen LogP contribution >= 0.6 is 0 Å². The van der Waals surface area contributed by atoms with Gasteiger partial charge in [0.1, 0.15) is 0 Å². The van der Waals surface area contributed by atoms with E-state index in [1.54, 1.807) is 4.90 Å². The van der Waals surface area contributed by atoms with E-state index in [0.29, 0.717) is 12.5 Å². The predicted octanol–water partition coefficient (Wildman–Crippen LogP) is 5.04. The molecule has 0 saturated carbocycles. The van der Waals surface area contributed by atoms with Crippen molar-refractivity contribution in [1.82, 2.24) is 0 Å². The van der Waals surface area contributed by atoms with E-state index in [4.69, 9.17) is 0 Å². The molecule has 0 aliphatic carbocycles. The third kappa shape index (κ3) is 6.34. The van der Waals surface area contributed by atoms with Crippen LogP contribution in [-0.2, 0) is 9.59 Å². The fourth-order valence-corrected chi connectivity index (χ4v) is 3.29. The maximum Gasteiger partial charge on any atom is 0.226 e. The molecular formula is C24H33N3O2. The third-order valence-corrected chi connectivity index (χ3v) is 5.09. The van der Waals surface area contributed by atoms with Gasteiger partial charge in [-0.1, -0.05) is 26.0 Å². The number of amides is 2. The number of hydrogen-bond acceptors (Lipinski definition) is 3. The van der Waals surface area contributed by atoms with Gasteiger partial charge in [0.25, 0.3) is 0 Å². The Hall–Kier alpha value is -2.82. The lowest BCUT2D eigenvalue weighted by atomic mass is 10.0. The maximum atomic E-state index is 12.4.